The quantitative estimate of drug-likeness (QED) is 0.385. The summed E-state index contributed by atoms with van der Waals surface area (Å²) < 4.78 is 21.6. The van der Waals surface area contributed by atoms with Crippen molar-refractivity contribution in [1.82, 2.24) is 0 Å². The van der Waals surface area contributed by atoms with Crippen LogP contribution in [0.3, 0.4) is 0 Å². The summed E-state index contributed by atoms with van der Waals surface area (Å²) in [6.45, 7) is 0. The van der Waals surface area contributed by atoms with E-state index in [1.54, 1.807) is 0 Å². The Kier molecular flexibility index (Phi) is 27.4. The van der Waals surface area contributed by atoms with Gasteiger partial charge in [0, 0.05) is 125 Å². The molecule has 1 unspecified atom stereocenters. The van der Waals surface area contributed by atoms with Crippen LogP contribution < -0.4 is 0 Å². The molecule has 8 nitrogen and oxygen atoms in total. The molecule has 0 aromatic heterocycles. The van der Waals surface area contributed by atoms with E-state index in [9.17, 15) is 23.5 Å². The van der Waals surface area contributed by atoms with Gasteiger partial charge >= 0.3 is 25.6 Å². The van der Waals surface area contributed by atoms with E-state index in [-0.39, 0.29) is 118 Å². The first-order chi connectivity index (χ1) is 7.22. The fourth-order valence-corrected chi connectivity index (χ4v) is 1.78. The van der Waals surface area contributed by atoms with E-state index in [0.717, 1.165) is 0 Å². The van der Waals surface area contributed by atoms with Gasteiger partial charge in [0.2, 0.25) is 0 Å². The Labute approximate surface area is 203 Å². The van der Waals surface area contributed by atoms with E-state index in [4.69, 9.17) is 15.3 Å². The van der Waals surface area contributed by atoms with Gasteiger partial charge in [-0.05, 0) is 6.42 Å². The van der Waals surface area contributed by atoms with E-state index in [2.05, 4.69) is 0 Å². The van der Waals surface area contributed by atoms with Gasteiger partial charge in [-0.15, -0.1) is 0 Å². The average Bonchev–Trinajstić information content (AvgIpc) is 2.10. The molecular weight excluding hydrogens is 335 g/mol. The van der Waals surface area contributed by atoms with Crippen LogP contribution in [0, 0.1) is 0 Å². The fraction of sp³-hybridized carbons (Fsp3) is 0.571. The van der Waals surface area contributed by atoms with E-state index < -0.39 is 50.0 Å². The Balaban J connectivity index is -0.000000187. The zero-order valence-corrected chi connectivity index (χ0v) is 20.8. The van der Waals surface area contributed by atoms with E-state index in [1.165, 1.54) is 0 Å². The maximum Gasteiger partial charge on any atom is 0.334 e. The molecule has 0 rings (SSSR count). The molecule has 0 saturated heterocycles. The molecular formula is C7H9Na4O8P. The van der Waals surface area contributed by atoms with E-state index in [1.807, 2.05) is 0 Å². The predicted molar refractivity (Wildman–Crippen MR) is 70.8 cm³/mol. The Morgan fingerprint density at radius 2 is 1.25 bits per heavy atom. The van der Waals surface area contributed by atoms with Gasteiger partial charge in [-0.1, -0.05) is 0 Å². The maximum absolute atomic E-state index is 10.8. The number of carboxylic acids is 3. The summed E-state index contributed by atoms with van der Waals surface area (Å²) in [5, 5.41) is 22.9. The first-order valence-corrected chi connectivity index (χ1v) is 5.21. The molecule has 0 aliphatic carbocycles. The maximum atomic E-state index is 10.8. The Morgan fingerprint density at radius 1 is 0.850 bits per heavy atom. The predicted octanol–water partition coefficient (Wildman–Crippen LogP) is -1.20. The minimum Gasteiger partial charge on any atom is -0.481 e. The summed E-state index contributed by atoms with van der Waals surface area (Å²) in [5.41, 5.74) is 0. The second kappa shape index (κ2) is 16.2. The van der Waals surface area contributed by atoms with Gasteiger partial charge in [0.1, 0.15) is 0 Å². The molecule has 13 heteroatoms. The van der Waals surface area contributed by atoms with Gasteiger partial charge in [0.15, 0.2) is 5.16 Å². The van der Waals surface area contributed by atoms with Crippen molar-refractivity contribution < 1.29 is 38.8 Å². The van der Waals surface area contributed by atoms with Crippen LogP contribution in [0.2, 0.25) is 0 Å². The van der Waals surface area contributed by atoms with Crippen LogP contribution in [0.1, 0.15) is 19.3 Å². The number of carbonyl (C=O) groups is 3. The number of hydrogen-bond donors (Lipinski definition) is 3. The van der Waals surface area contributed by atoms with Crippen molar-refractivity contribution in [3.8, 4) is 0 Å². The molecule has 0 fully saturated rings. The molecule has 3 N–H and O–H groups in total. The first kappa shape index (κ1) is 33.8. The Bertz CT molecular complexity index is 390. The molecule has 0 aromatic carbocycles. The van der Waals surface area contributed by atoms with Crippen molar-refractivity contribution in [1.29, 1.82) is 0 Å². The standard InChI is InChI=1S/C7H9O8P.4Na/c8-4(9)1-2-7(6(12)13,16(14)15)3-5(10)11;;;;/h1-3H2,(H,8,9)(H,10,11)(H,12,13);;;;. The minimum atomic E-state index is -3.59. The van der Waals surface area contributed by atoms with Gasteiger partial charge < -0.3 is 15.3 Å². The number of carboxylic acid groups (broad SMARTS) is 3. The van der Waals surface area contributed by atoms with Crippen LogP contribution in [0.5, 0.6) is 0 Å². The van der Waals surface area contributed by atoms with Crippen LogP contribution in [-0.2, 0) is 23.5 Å². The molecule has 20 heavy (non-hydrogen) atoms. The SMILES string of the molecule is O=C(O)CCC(CC(=O)O)(C(=O)O)P(=O)=O.[Na].[Na].[Na].[Na]. The van der Waals surface area contributed by atoms with Gasteiger partial charge in [-0.2, -0.15) is 0 Å². The molecule has 1 atom stereocenters. The first-order valence-electron chi connectivity index (χ1n) is 4.04. The van der Waals surface area contributed by atoms with Crippen LogP contribution >= 0.6 is 7.68 Å². The second-order valence-corrected chi connectivity index (χ2v) is 4.43. The van der Waals surface area contributed by atoms with E-state index in [0.29, 0.717) is 0 Å². The normalized spacial score (nSPS) is 11.0. The molecule has 0 aliphatic rings. The summed E-state index contributed by atoms with van der Waals surface area (Å²) in [5.74, 6) is -4.87. The van der Waals surface area contributed by atoms with Gasteiger partial charge in [-0.25, -0.2) is 9.13 Å². The molecule has 94 valence electrons. The monoisotopic (exact) mass is 344 g/mol. The van der Waals surface area contributed by atoms with Crippen LogP contribution in [-0.4, -0.2) is 157 Å². The smallest absolute Gasteiger partial charge is 0.334 e. The summed E-state index contributed by atoms with van der Waals surface area (Å²) >= 11 is 0. The Morgan fingerprint density at radius 3 is 1.45 bits per heavy atom. The topological polar surface area (TPSA) is 146 Å². The van der Waals surface area contributed by atoms with Crippen molar-refractivity contribution in [2.45, 2.75) is 24.4 Å². The number of aliphatic carboxylic acids is 3. The summed E-state index contributed by atoms with van der Waals surface area (Å²) in [6.07, 6.45) is -2.67. The molecule has 0 amide bonds. The third kappa shape index (κ3) is 11.8. The van der Waals surface area contributed by atoms with Crippen LogP contribution in [0.4, 0.5) is 0 Å². The molecule has 0 spiro atoms. The summed E-state index contributed by atoms with van der Waals surface area (Å²) in [7, 11) is -3.59. The zero-order chi connectivity index (χ0) is 12.9. The molecule has 0 bridgehead atoms. The van der Waals surface area contributed by atoms with E-state index >= 15 is 0 Å². The largest absolute Gasteiger partial charge is 0.481 e. The van der Waals surface area contributed by atoms with Crippen molar-refractivity contribution in [2.75, 3.05) is 0 Å². The van der Waals surface area contributed by atoms with Crippen LogP contribution in [0.15, 0.2) is 0 Å². The van der Waals surface area contributed by atoms with Crippen molar-refractivity contribution >= 4 is 144 Å². The number of hydrogen-bond acceptors (Lipinski definition) is 5. The second-order valence-electron chi connectivity index (χ2n) is 3.06. The summed E-state index contributed by atoms with van der Waals surface area (Å²) in [6, 6.07) is 0. The molecule has 0 aromatic rings. The van der Waals surface area contributed by atoms with Gasteiger partial charge in [0.25, 0.3) is 0 Å². The average molecular weight is 344 g/mol. The van der Waals surface area contributed by atoms with Crippen molar-refractivity contribution in [3.05, 3.63) is 0 Å². The summed E-state index contributed by atoms with van der Waals surface area (Å²) in [4.78, 5) is 31.4. The fourth-order valence-electron chi connectivity index (χ4n) is 1.07. The number of rotatable bonds is 7. The zero-order valence-electron chi connectivity index (χ0n) is 12.0. The third-order valence-electron chi connectivity index (χ3n) is 1.94. The third-order valence-corrected chi connectivity index (χ3v) is 3.22. The van der Waals surface area contributed by atoms with Crippen molar-refractivity contribution in [2.24, 2.45) is 0 Å². The molecule has 4 radical (unpaired) electrons. The molecule has 0 saturated carbocycles. The van der Waals surface area contributed by atoms with Crippen molar-refractivity contribution in [3.63, 3.8) is 0 Å². The molecule has 0 heterocycles. The van der Waals surface area contributed by atoms with Gasteiger partial charge in [0.05, 0.1) is 6.42 Å². The van der Waals surface area contributed by atoms with Gasteiger partial charge in [-0.3, -0.25) is 14.4 Å². The molecule has 0 aliphatic heterocycles. The minimum absolute atomic E-state index is 0. The Hall–Kier alpha value is 2.31. The van der Waals surface area contributed by atoms with Crippen LogP contribution in [0.25, 0.3) is 0 Å².